The summed E-state index contributed by atoms with van der Waals surface area (Å²) in [5.41, 5.74) is 2.46. The summed E-state index contributed by atoms with van der Waals surface area (Å²) in [5.74, 6) is 0.0683. The van der Waals surface area contributed by atoms with E-state index in [9.17, 15) is 9.59 Å². The molecule has 33 heavy (non-hydrogen) atoms. The number of piperidine rings is 1. The quantitative estimate of drug-likeness (QED) is 0.564. The van der Waals surface area contributed by atoms with Gasteiger partial charge < -0.3 is 20.3 Å². The van der Waals surface area contributed by atoms with Gasteiger partial charge in [0, 0.05) is 17.0 Å². The van der Waals surface area contributed by atoms with Crippen molar-refractivity contribution < 1.29 is 14.3 Å². The zero-order valence-electron chi connectivity index (χ0n) is 18.9. The number of pyridine rings is 1. The number of hydrogen-bond acceptors (Lipinski definition) is 5. The predicted octanol–water partition coefficient (Wildman–Crippen LogP) is 3.86. The van der Waals surface area contributed by atoms with Crippen LogP contribution in [0.3, 0.4) is 0 Å². The first kappa shape index (κ1) is 22.5. The molecule has 2 heterocycles. The fourth-order valence-corrected chi connectivity index (χ4v) is 4.07. The summed E-state index contributed by atoms with van der Waals surface area (Å²) in [7, 11) is 3.65. The Kier molecular flexibility index (Phi) is 6.70. The molecule has 7 heteroatoms. The summed E-state index contributed by atoms with van der Waals surface area (Å²) in [6, 6.07) is 15.2. The number of likely N-dealkylation sites (tertiary alicyclic amines) is 1. The summed E-state index contributed by atoms with van der Waals surface area (Å²) in [5, 5.41) is 7.71. The minimum absolute atomic E-state index is 0.159. The van der Waals surface area contributed by atoms with Crippen molar-refractivity contribution in [2.45, 2.75) is 18.9 Å². The molecule has 1 aliphatic heterocycles. The number of benzene rings is 2. The summed E-state index contributed by atoms with van der Waals surface area (Å²) in [6.45, 7) is 5.48. The number of ether oxygens (including phenoxy) is 1. The van der Waals surface area contributed by atoms with Crippen molar-refractivity contribution in [1.82, 2.24) is 15.2 Å². The van der Waals surface area contributed by atoms with Gasteiger partial charge in [-0.3, -0.25) is 9.59 Å². The van der Waals surface area contributed by atoms with Crippen molar-refractivity contribution in [3.05, 3.63) is 66.9 Å². The van der Waals surface area contributed by atoms with Gasteiger partial charge in [-0.1, -0.05) is 30.8 Å². The summed E-state index contributed by atoms with van der Waals surface area (Å²) >= 11 is 0. The van der Waals surface area contributed by atoms with Gasteiger partial charge in [0.2, 0.25) is 5.91 Å². The van der Waals surface area contributed by atoms with E-state index in [1.165, 1.54) is 6.08 Å². The predicted molar refractivity (Wildman–Crippen MR) is 131 cm³/mol. The van der Waals surface area contributed by atoms with Crippen molar-refractivity contribution in [1.29, 1.82) is 0 Å². The first-order valence-electron chi connectivity index (χ1n) is 11.0. The van der Waals surface area contributed by atoms with Gasteiger partial charge in [-0.05, 0) is 68.7 Å². The highest BCUT2D eigenvalue weighted by Crippen LogP contribution is 2.35. The van der Waals surface area contributed by atoms with Gasteiger partial charge in [0.1, 0.15) is 11.4 Å². The van der Waals surface area contributed by atoms with E-state index in [1.54, 1.807) is 13.2 Å². The molecule has 0 saturated carbocycles. The molecule has 0 unspecified atom stereocenters. The number of nitrogens with one attached hydrogen (secondary N) is 2. The number of carbonyl (C=O) groups excluding carboxylic acids is 2. The van der Waals surface area contributed by atoms with Crippen LogP contribution >= 0.6 is 0 Å². The molecule has 0 atom stereocenters. The van der Waals surface area contributed by atoms with Gasteiger partial charge in [-0.25, -0.2) is 4.98 Å². The normalized spacial score (nSPS) is 14.6. The molecule has 2 amide bonds. The SMILES string of the molecule is C=CC(=O)Nc1c(OC)ccc2ccc(-c3cccc(C(=O)NC4CCN(C)CC4)n3)cc12. The highest BCUT2D eigenvalue weighted by Gasteiger charge is 2.20. The van der Waals surface area contributed by atoms with Gasteiger partial charge in [0.05, 0.1) is 18.5 Å². The Morgan fingerprint density at radius 3 is 2.64 bits per heavy atom. The van der Waals surface area contributed by atoms with Gasteiger partial charge in [-0.15, -0.1) is 0 Å². The Labute approximate surface area is 193 Å². The lowest BCUT2D eigenvalue weighted by molar-refractivity contribution is -0.111. The highest BCUT2D eigenvalue weighted by molar-refractivity contribution is 6.08. The van der Waals surface area contributed by atoms with Crippen molar-refractivity contribution in [3.8, 4) is 17.0 Å². The van der Waals surface area contributed by atoms with E-state index in [1.807, 2.05) is 42.5 Å². The number of rotatable bonds is 6. The molecular formula is C26H28N4O3. The average molecular weight is 445 g/mol. The lowest BCUT2D eigenvalue weighted by Gasteiger charge is -2.29. The summed E-state index contributed by atoms with van der Waals surface area (Å²) in [4.78, 5) is 31.7. The number of amides is 2. The Morgan fingerprint density at radius 2 is 1.91 bits per heavy atom. The molecule has 1 aromatic heterocycles. The van der Waals surface area contributed by atoms with Crippen LogP contribution in [0.4, 0.5) is 5.69 Å². The number of anilines is 1. The van der Waals surface area contributed by atoms with Crippen LogP contribution in [0.2, 0.25) is 0 Å². The van der Waals surface area contributed by atoms with E-state index in [4.69, 9.17) is 4.74 Å². The lowest BCUT2D eigenvalue weighted by atomic mass is 10.0. The average Bonchev–Trinajstić information content (AvgIpc) is 2.85. The van der Waals surface area contributed by atoms with Gasteiger partial charge in [-0.2, -0.15) is 0 Å². The Balaban J connectivity index is 1.64. The van der Waals surface area contributed by atoms with Crippen LogP contribution in [0.5, 0.6) is 5.75 Å². The largest absolute Gasteiger partial charge is 0.495 e. The topological polar surface area (TPSA) is 83.6 Å². The van der Waals surface area contributed by atoms with Crippen LogP contribution in [-0.2, 0) is 4.79 Å². The second-order valence-electron chi connectivity index (χ2n) is 8.23. The molecule has 1 aliphatic rings. The first-order valence-corrected chi connectivity index (χ1v) is 11.0. The molecular weight excluding hydrogens is 416 g/mol. The zero-order chi connectivity index (χ0) is 23.4. The molecule has 0 bridgehead atoms. The number of hydrogen-bond donors (Lipinski definition) is 2. The van der Waals surface area contributed by atoms with Crippen LogP contribution in [0.15, 0.2) is 61.2 Å². The molecule has 2 aromatic carbocycles. The molecule has 2 N–H and O–H groups in total. The second-order valence-corrected chi connectivity index (χ2v) is 8.23. The number of aromatic nitrogens is 1. The molecule has 1 fully saturated rings. The lowest BCUT2D eigenvalue weighted by Crippen LogP contribution is -2.43. The zero-order valence-corrected chi connectivity index (χ0v) is 18.9. The molecule has 3 aromatic rings. The van der Waals surface area contributed by atoms with Crippen molar-refractivity contribution >= 4 is 28.3 Å². The third kappa shape index (κ3) is 5.04. The third-order valence-electron chi connectivity index (χ3n) is 5.97. The maximum absolute atomic E-state index is 12.8. The van der Waals surface area contributed by atoms with Gasteiger partial charge in [0.25, 0.3) is 5.91 Å². The molecule has 170 valence electrons. The third-order valence-corrected chi connectivity index (χ3v) is 5.97. The number of nitrogens with zero attached hydrogens (tertiary/aromatic N) is 2. The van der Waals surface area contributed by atoms with E-state index in [0.29, 0.717) is 22.8 Å². The Morgan fingerprint density at radius 1 is 1.15 bits per heavy atom. The van der Waals surface area contributed by atoms with Crippen LogP contribution in [0, 0.1) is 0 Å². The van der Waals surface area contributed by atoms with E-state index in [0.717, 1.165) is 42.3 Å². The van der Waals surface area contributed by atoms with Crippen molar-refractivity contribution in [2.24, 2.45) is 0 Å². The highest BCUT2D eigenvalue weighted by atomic mass is 16.5. The number of methoxy groups -OCH3 is 1. The van der Waals surface area contributed by atoms with E-state index in [2.05, 4.69) is 34.1 Å². The Hall–Kier alpha value is -3.71. The molecule has 1 saturated heterocycles. The number of fused-ring (bicyclic) bond motifs is 1. The standard InChI is InChI=1S/C26H28N4O3/c1-4-24(31)29-25-20-16-18(9-8-17(20)10-11-23(25)33-3)21-6-5-7-22(28-21)26(32)27-19-12-14-30(2)15-13-19/h4-11,16,19H,1,12-15H2,2-3H3,(H,27,32)(H,29,31). The second kappa shape index (κ2) is 9.83. The first-order chi connectivity index (χ1) is 16.0. The maximum atomic E-state index is 12.8. The number of carbonyl (C=O) groups is 2. The van der Waals surface area contributed by atoms with Crippen LogP contribution in [0.1, 0.15) is 23.3 Å². The maximum Gasteiger partial charge on any atom is 0.270 e. The van der Waals surface area contributed by atoms with Crippen molar-refractivity contribution in [3.63, 3.8) is 0 Å². The van der Waals surface area contributed by atoms with Crippen molar-refractivity contribution in [2.75, 3.05) is 32.6 Å². The fraction of sp³-hybridized carbons (Fsp3) is 0.269. The fourth-order valence-electron chi connectivity index (χ4n) is 4.07. The smallest absolute Gasteiger partial charge is 0.270 e. The van der Waals surface area contributed by atoms with E-state index < -0.39 is 0 Å². The van der Waals surface area contributed by atoms with Gasteiger partial charge >= 0.3 is 0 Å². The molecule has 7 nitrogen and oxygen atoms in total. The summed E-state index contributed by atoms with van der Waals surface area (Å²) < 4.78 is 5.45. The minimum atomic E-state index is -0.322. The minimum Gasteiger partial charge on any atom is -0.495 e. The van der Waals surface area contributed by atoms with Crippen LogP contribution in [-0.4, -0.2) is 55.0 Å². The molecule has 4 rings (SSSR count). The van der Waals surface area contributed by atoms with Crippen LogP contribution in [0.25, 0.3) is 22.0 Å². The Bertz CT molecular complexity index is 1200. The monoisotopic (exact) mass is 444 g/mol. The van der Waals surface area contributed by atoms with Gasteiger partial charge in [0.15, 0.2) is 0 Å². The molecule has 0 radical (unpaired) electrons. The van der Waals surface area contributed by atoms with E-state index >= 15 is 0 Å². The van der Waals surface area contributed by atoms with E-state index in [-0.39, 0.29) is 17.9 Å². The molecule has 0 spiro atoms. The summed E-state index contributed by atoms with van der Waals surface area (Å²) in [6.07, 6.45) is 3.09. The van der Waals surface area contributed by atoms with Crippen LogP contribution < -0.4 is 15.4 Å². The molecule has 0 aliphatic carbocycles.